The zero-order valence-corrected chi connectivity index (χ0v) is 5.57. The fourth-order valence-electron chi connectivity index (χ4n) is 0.786. The molecule has 52 valence electrons. The molecule has 0 bridgehead atoms. The fraction of sp³-hybridized carbons (Fsp3) is 0.143. The van der Waals surface area contributed by atoms with Gasteiger partial charge < -0.3 is 10.0 Å². The normalized spacial score (nSPS) is 16.4. The summed E-state index contributed by atoms with van der Waals surface area (Å²) >= 11 is 0. The molecule has 0 amide bonds. The molecule has 10 heavy (non-hydrogen) atoms. The van der Waals surface area contributed by atoms with E-state index in [0.29, 0.717) is 11.9 Å². The number of hydrogen-bond donors (Lipinski definition) is 2. The van der Waals surface area contributed by atoms with Crippen molar-refractivity contribution >= 4 is 7.12 Å². The topological polar surface area (TPSA) is 40.5 Å². The lowest BCUT2D eigenvalue weighted by atomic mass is 9.77. The van der Waals surface area contributed by atoms with Crippen LogP contribution in [-0.2, 0) is 0 Å². The first-order valence-corrected chi connectivity index (χ1v) is 3.19. The third-order valence-corrected chi connectivity index (χ3v) is 1.35. The highest BCUT2D eigenvalue weighted by atomic mass is 16.4. The van der Waals surface area contributed by atoms with Crippen molar-refractivity contribution < 1.29 is 10.0 Å². The summed E-state index contributed by atoms with van der Waals surface area (Å²) in [4.78, 5) is 0. The van der Waals surface area contributed by atoms with E-state index < -0.39 is 7.12 Å². The lowest BCUT2D eigenvalue weighted by Gasteiger charge is -1.98. The molecule has 1 aliphatic carbocycles. The lowest BCUT2D eigenvalue weighted by Crippen LogP contribution is -2.14. The quantitative estimate of drug-likeness (QED) is 0.513. The molecular weight excluding hydrogens is 127 g/mol. The first-order valence-electron chi connectivity index (χ1n) is 3.19. The van der Waals surface area contributed by atoms with Gasteiger partial charge in [0.2, 0.25) is 0 Å². The minimum absolute atomic E-state index is 0.616. The van der Waals surface area contributed by atoms with Gasteiger partial charge in [-0.25, -0.2) is 0 Å². The highest BCUT2D eigenvalue weighted by Gasteiger charge is 2.11. The summed E-state index contributed by atoms with van der Waals surface area (Å²) in [6.45, 7) is 0. The second-order valence-corrected chi connectivity index (χ2v) is 2.13. The van der Waals surface area contributed by atoms with E-state index in [-0.39, 0.29) is 0 Å². The molecule has 1 rings (SSSR count). The summed E-state index contributed by atoms with van der Waals surface area (Å²) in [5, 5.41) is 17.4. The molecule has 0 fully saturated rings. The van der Waals surface area contributed by atoms with Crippen LogP contribution in [0.4, 0.5) is 0 Å². The van der Waals surface area contributed by atoms with Crippen molar-refractivity contribution in [1.82, 2.24) is 0 Å². The lowest BCUT2D eigenvalue weighted by molar-refractivity contribution is 0.418. The van der Waals surface area contributed by atoms with Crippen molar-refractivity contribution in [3.63, 3.8) is 0 Å². The Morgan fingerprint density at radius 1 is 1.20 bits per heavy atom. The molecule has 0 aromatic carbocycles. The van der Waals surface area contributed by atoms with E-state index in [1.165, 1.54) is 0 Å². The molecule has 2 nitrogen and oxygen atoms in total. The van der Waals surface area contributed by atoms with E-state index in [0.717, 1.165) is 0 Å². The van der Waals surface area contributed by atoms with Crippen molar-refractivity contribution in [2.24, 2.45) is 0 Å². The predicted molar refractivity (Wildman–Crippen MR) is 41.2 cm³/mol. The van der Waals surface area contributed by atoms with Crippen LogP contribution in [-0.4, -0.2) is 17.2 Å². The molecule has 0 heterocycles. The van der Waals surface area contributed by atoms with Crippen LogP contribution in [0, 0.1) is 0 Å². The molecule has 0 atom stereocenters. The Morgan fingerprint density at radius 3 is 2.70 bits per heavy atom. The van der Waals surface area contributed by atoms with Crippen LogP contribution < -0.4 is 0 Å². The Bertz CT molecular complexity index is 192. The van der Waals surface area contributed by atoms with Crippen LogP contribution in [0.3, 0.4) is 0 Å². The Labute approximate surface area is 60.3 Å². The van der Waals surface area contributed by atoms with Crippen LogP contribution in [0.15, 0.2) is 35.9 Å². The first-order chi connectivity index (χ1) is 4.80. The van der Waals surface area contributed by atoms with Crippen molar-refractivity contribution in [2.75, 3.05) is 0 Å². The Balaban J connectivity index is 2.68. The maximum atomic E-state index is 8.72. The van der Waals surface area contributed by atoms with Gasteiger partial charge in [0, 0.05) is 0 Å². The number of allylic oxidation sites excluding steroid dienone is 6. The summed E-state index contributed by atoms with van der Waals surface area (Å²) in [5.41, 5.74) is 0.630. The summed E-state index contributed by atoms with van der Waals surface area (Å²) in [5.74, 6) is 0. The standard InChI is InChI=1S/C7H9BO2/c9-8(10)7-5-3-1-2-4-6-7/h1-5,9-10H,6H2. The largest absolute Gasteiger partial charge is 0.484 e. The Kier molecular flexibility index (Phi) is 2.48. The molecule has 0 aliphatic heterocycles. The van der Waals surface area contributed by atoms with Gasteiger partial charge in [0.1, 0.15) is 0 Å². The molecule has 0 spiro atoms. The number of hydrogen-bond acceptors (Lipinski definition) is 2. The second kappa shape index (κ2) is 3.39. The maximum absolute atomic E-state index is 8.72. The minimum atomic E-state index is -1.31. The molecule has 0 saturated heterocycles. The summed E-state index contributed by atoms with van der Waals surface area (Å²) in [6.07, 6.45) is 9.74. The average molecular weight is 136 g/mol. The average Bonchev–Trinajstić information content (AvgIpc) is 2.12. The van der Waals surface area contributed by atoms with Crippen LogP contribution in [0.2, 0.25) is 0 Å². The molecule has 0 aromatic rings. The fourth-order valence-corrected chi connectivity index (χ4v) is 0.786. The van der Waals surface area contributed by atoms with Gasteiger partial charge in [0.05, 0.1) is 0 Å². The van der Waals surface area contributed by atoms with Crippen molar-refractivity contribution in [3.8, 4) is 0 Å². The van der Waals surface area contributed by atoms with Crippen LogP contribution in [0.1, 0.15) is 6.42 Å². The zero-order chi connectivity index (χ0) is 7.40. The molecule has 3 heteroatoms. The van der Waals surface area contributed by atoms with E-state index in [1.807, 2.05) is 18.2 Å². The van der Waals surface area contributed by atoms with Gasteiger partial charge in [0.15, 0.2) is 0 Å². The molecular formula is C7H9BO2. The third kappa shape index (κ3) is 1.86. The van der Waals surface area contributed by atoms with Gasteiger partial charge in [-0.2, -0.15) is 0 Å². The maximum Gasteiger partial charge on any atom is 0.484 e. The van der Waals surface area contributed by atoms with Crippen LogP contribution in [0.25, 0.3) is 0 Å². The van der Waals surface area contributed by atoms with Gasteiger partial charge in [-0.1, -0.05) is 30.4 Å². The summed E-state index contributed by atoms with van der Waals surface area (Å²) in [6, 6.07) is 0. The zero-order valence-electron chi connectivity index (χ0n) is 5.57. The molecule has 0 aromatic heterocycles. The molecule has 0 unspecified atom stereocenters. The molecule has 0 radical (unpaired) electrons. The van der Waals surface area contributed by atoms with E-state index in [2.05, 4.69) is 0 Å². The Morgan fingerprint density at radius 2 is 2.00 bits per heavy atom. The van der Waals surface area contributed by atoms with Crippen molar-refractivity contribution in [1.29, 1.82) is 0 Å². The van der Waals surface area contributed by atoms with Gasteiger partial charge in [-0.15, -0.1) is 0 Å². The van der Waals surface area contributed by atoms with E-state index >= 15 is 0 Å². The van der Waals surface area contributed by atoms with Gasteiger partial charge in [0.25, 0.3) is 0 Å². The summed E-state index contributed by atoms with van der Waals surface area (Å²) < 4.78 is 0. The summed E-state index contributed by atoms with van der Waals surface area (Å²) in [7, 11) is -1.31. The van der Waals surface area contributed by atoms with Gasteiger partial charge in [-0.05, 0) is 11.9 Å². The van der Waals surface area contributed by atoms with Crippen molar-refractivity contribution in [2.45, 2.75) is 6.42 Å². The van der Waals surface area contributed by atoms with E-state index in [1.54, 1.807) is 12.2 Å². The monoisotopic (exact) mass is 136 g/mol. The number of rotatable bonds is 1. The minimum Gasteiger partial charge on any atom is -0.423 e. The third-order valence-electron chi connectivity index (χ3n) is 1.35. The van der Waals surface area contributed by atoms with Gasteiger partial charge in [-0.3, -0.25) is 0 Å². The van der Waals surface area contributed by atoms with E-state index in [9.17, 15) is 0 Å². The highest BCUT2D eigenvalue weighted by molar-refractivity contribution is 6.50. The molecule has 0 saturated carbocycles. The van der Waals surface area contributed by atoms with Crippen LogP contribution in [0.5, 0.6) is 0 Å². The Hall–Kier alpha value is -0.795. The first kappa shape index (κ1) is 7.31. The van der Waals surface area contributed by atoms with Gasteiger partial charge >= 0.3 is 7.12 Å². The SMILES string of the molecule is OB(O)C1=CC=CC=CC1. The van der Waals surface area contributed by atoms with Crippen LogP contribution >= 0.6 is 0 Å². The molecule has 2 N–H and O–H groups in total. The smallest absolute Gasteiger partial charge is 0.423 e. The van der Waals surface area contributed by atoms with Crippen molar-refractivity contribution in [3.05, 3.63) is 35.9 Å². The second-order valence-electron chi connectivity index (χ2n) is 2.13. The predicted octanol–water partition coefficient (Wildman–Crippen LogP) is 0.441. The highest BCUT2D eigenvalue weighted by Crippen LogP contribution is 2.07. The van der Waals surface area contributed by atoms with E-state index in [4.69, 9.17) is 10.0 Å². The molecule has 1 aliphatic rings.